The minimum atomic E-state index is -3.68. The molecule has 0 aliphatic rings. The van der Waals surface area contributed by atoms with Crippen LogP contribution in [0.1, 0.15) is 0 Å². The third-order valence-electron chi connectivity index (χ3n) is 0.112. The normalized spacial score (nSPS) is 11.7. The molecule has 0 aromatic heterocycles. The molecule has 7 heavy (non-hydrogen) atoms. The summed E-state index contributed by atoms with van der Waals surface area (Å²) in [5.74, 6) is 0. The fourth-order valence-electron chi connectivity index (χ4n) is 0.0363. The van der Waals surface area contributed by atoms with Crippen molar-refractivity contribution in [2.45, 2.75) is 0 Å². The Morgan fingerprint density at radius 1 is 1.57 bits per heavy atom. The highest BCUT2D eigenvalue weighted by atomic mass is 127. The second-order valence-electron chi connectivity index (χ2n) is 0.536. The summed E-state index contributed by atoms with van der Waals surface area (Å²) in [7, 11) is -3.68. The van der Waals surface area contributed by atoms with Crippen molar-refractivity contribution in [2.24, 2.45) is 0 Å². The Balaban J connectivity index is 3.60. The first kappa shape index (κ1) is 7.56. The molecule has 0 aromatic carbocycles. The van der Waals surface area contributed by atoms with Crippen molar-refractivity contribution in [3.05, 3.63) is 0 Å². The van der Waals surface area contributed by atoms with E-state index in [1.165, 1.54) is 0 Å². The molecule has 0 saturated heterocycles. The molecule has 0 aliphatic heterocycles. The predicted octanol–water partition coefficient (Wildman–Crippen LogP) is 0.0874. The van der Waals surface area contributed by atoms with Gasteiger partial charge in [-0.05, 0) is 0 Å². The van der Waals surface area contributed by atoms with Gasteiger partial charge in [-0.3, -0.25) is 0 Å². The number of hydrogen-bond acceptors (Lipinski definition) is 5. The molecule has 0 heterocycles. The number of halogens is 1. The van der Waals surface area contributed by atoms with Gasteiger partial charge in [-0.2, -0.15) is 8.42 Å². The molecule has 0 rings (SSSR count). The standard InChI is InChI=1S/HIO5S/c1-7(3,4)6-5-2/h2H. The zero-order valence-corrected chi connectivity index (χ0v) is 5.84. The maximum absolute atomic E-state index is 9.71. The predicted molar refractivity (Wildman–Crippen MR) is 27.7 cm³/mol. The van der Waals surface area contributed by atoms with Gasteiger partial charge in [-0.15, -0.1) is 0 Å². The van der Waals surface area contributed by atoms with E-state index >= 15 is 0 Å². The second-order valence-corrected chi connectivity index (χ2v) is 4.69. The smallest absolute Gasteiger partial charge is 0.220 e. The Morgan fingerprint density at radius 3 is 2.00 bits per heavy atom. The molecule has 5 nitrogen and oxygen atoms in total. The minimum Gasteiger partial charge on any atom is -0.220 e. The highest BCUT2D eigenvalue weighted by molar-refractivity contribution is 14.2. The lowest BCUT2D eigenvalue weighted by Crippen LogP contribution is -1.93. The molecule has 0 saturated carbocycles. The van der Waals surface area contributed by atoms with Crippen LogP contribution in [0.3, 0.4) is 0 Å². The first-order chi connectivity index (χ1) is 3.06. The molecule has 0 spiro atoms. The van der Waals surface area contributed by atoms with E-state index in [1.807, 2.05) is 0 Å². The molecule has 1 N–H and O–H groups in total. The van der Waals surface area contributed by atoms with Gasteiger partial charge in [0.2, 0.25) is 0 Å². The van der Waals surface area contributed by atoms with Crippen LogP contribution in [0.2, 0.25) is 0 Å². The maximum atomic E-state index is 9.71. The van der Waals surface area contributed by atoms with Crippen molar-refractivity contribution in [3.8, 4) is 0 Å². The zero-order chi connectivity index (χ0) is 5.91. The van der Waals surface area contributed by atoms with Crippen molar-refractivity contribution in [3.63, 3.8) is 0 Å². The van der Waals surface area contributed by atoms with E-state index < -0.39 is 7.29 Å². The average Bonchev–Trinajstić information content (AvgIpc) is 1.30. The average molecular weight is 240 g/mol. The Bertz CT molecular complexity index is 121. The van der Waals surface area contributed by atoms with Crippen LogP contribution >= 0.6 is 21.2 Å². The fraction of sp³-hybridized carbons (Fsp3) is 0. The lowest BCUT2D eigenvalue weighted by atomic mass is 14.6. The van der Waals surface area contributed by atoms with Crippen LogP contribution in [0.4, 0.5) is 0 Å². The van der Waals surface area contributed by atoms with Crippen LogP contribution in [0.15, 0.2) is 0 Å². The van der Waals surface area contributed by atoms with Crippen molar-refractivity contribution < 1.29 is 23.0 Å². The van der Waals surface area contributed by atoms with Gasteiger partial charge < -0.3 is 0 Å². The van der Waals surface area contributed by atoms with E-state index in [-0.39, 0.29) is 0 Å². The fourth-order valence-corrected chi connectivity index (χ4v) is 0.306. The SMILES string of the molecule is O=S(=O)(I)OOO. The first-order valence-electron chi connectivity index (χ1n) is 1.00. The van der Waals surface area contributed by atoms with E-state index in [2.05, 4.69) is 9.37 Å². The van der Waals surface area contributed by atoms with Crippen LogP contribution < -0.4 is 0 Å². The van der Waals surface area contributed by atoms with Gasteiger partial charge in [0.05, 0.1) is 0 Å². The Labute approximate surface area is 51.8 Å². The summed E-state index contributed by atoms with van der Waals surface area (Å²) in [6.45, 7) is 0. The summed E-state index contributed by atoms with van der Waals surface area (Å²) in [6.07, 6.45) is 0. The minimum absolute atomic E-state index is 0.942. The van der Waals surface area contributed by atoms with Gasteiger partial charge in [0.25, 0.3) is 0 Å². The lowest BCUT2D eigenvalue weighted by Gasteiger charge is -1.84. The van der Waals surface area contributed by atoms with Crippen LogP contribution in [0.5, 0.6) is 0 Å². The van der Waals surface area contributed by atoms with Crippen molar-refractivity contribution in [1.82, 2.24) is 0 Å². The van der Waals surface area contributed by atoms with E-state index in [0.29, 0.717) is 0 Å². The number of rotatable bonds is 2. The van der Waals surface area contributed by atoms with Crippen LogP contribution in [0.25, 0.3) is 0 Å². The summed E-state index contributed by atoms with van der Waals surface area (Å²) >= 11 is 0.942. The molecule has 0 radical (unpaired) electrons. The van der Waals surface area contributed by atoms with E-state index in [4.69, 9.17) is 5.26 Å². The molecular weight excluding hydrogens is 239 g/mol. The summed E-state index contributed by atoms with van der Waals surface area (Å²) in [4.78, 5) is 0. The summed E-state index contributed by atoms with van der Waals surface area (Å²) in [6, 6.07) is 0. The monoisotopic (exact) mass is 240 g/mol. The van der Waals surface area contributed by atoms with Gasteiger partial charge in [0.1, 0.15) is 21.2 Å². The van der Waals surface area contributed by atoms with Crippen LogP contribution in [-0.2, 0) is 16.7 Å². The van der Waals surface area contributed by atoms with Gasteiger partial charge in [0.15, 0.2) is 0 Å². The van der Waals surface area contributed by atoms with Gasteiger partial charge >= 0.3 is 7.29 Å². The molecule has 0 fully saturated rings. The molecule has 7 heteroatoms. The third kappa shape index (κ3) is 6.56. The summed E-state index contributed by atoms with van der Waals surface area (Å²) < 4.78 is 22.7. The molecule has 0 amide bonds. The van der Waals surface area contributed by atoms with Crippen LogP contribution in [0, 0.1) is 0 Å². The second kappa shape index (κ2) is 2.77. The molecule has 0 bridgehead atoms. The first-order valence-corrected chi connectivity index (χ1v) is 4.95. The Hall–Kier alpha value is 0.560. The molecule has 0 unspecified atom stereocenters. The topological polar surface area (TPSA) is 72.8 Å². The quantitative estimate of drug-likeness (QED) is 0.320. The molecule has 0 atom stereocenters. The zero-order valence-electron chi connectivity index (χ0n) is 2.87. The molecular formula is HIO5S. The largest absolute Gasteiger partial charge is 0.349 e. The summed E-state index contributed by atoms with van der Waals surface area (Å²) in [5, 5.41) is 10.1. The van der Waals surface area contributed by atoms with E-state index in [0.717, 1.165) is 21.2 Å². The molecule has 0 aromatic rings. The van der Waals surface area contributed by atoms with Gasteiger partial charge in [-0.1, -0.05) is 9.37 Å². The van der Waals surface area contributed by atoms with E-state index in [9.17, 15) is 8.42 Å². The van der Waals surface area contributed by atoms with Gasteiger partial charge in [0, 0.05) is 0 Å². The van der Waals surface area contributed by atoms with E-state index in [1.54, 1.807) is 0 Å². The van der Waals surface area contributed by atoms with Crippen molar-refractivity contribution >= 4 is 28.5 Å². The lowest BCUT2D eigenvalue weighted by molar-refractivity contribution is -0.435. The molecule has 0 aliphatic carbocycles. The van der Waals surface area contributed by atoms with Crippen molar-refractivity contribution in [2.75, 3.05) is 0 Å². The third-order valence-corrected chi connectivity index (χ3v) is 0.776. The Kier molecular flexibility index (Phi) is 2.99. The highest BCUT2D eigenvalue weighted by Gasteiger charge is 2.01. The number of hydrogen-bond donors (Lipinski definition) is 1. The van der Waals surface area contributed by atoms with Crippen molar-refractivity contribution in [1.29, 1.82) is 0 Å². The summed E-state index contributed by atoms with van der Waals surface area (Å²) in [5.41, 5.74) is 0. The van der Waals surface area contributed by atoms with Gasteiger partial charge in [-0.25, -0.2) is 5.26 Å². The highest BCUT2D eigenvalue weighted by Crippen LogP contribution is 2.01. The molecule has 44 valence electrons. The maximum Gasteiger partial charge on any atom is 0.349 e. The Morgan fingerprint density at radius 2 is 2.00 bits per heavy atom. The van der Waals surface area contributed by atoms with Crippen LogP contribution in [-0.4, -0.2) is 13.7 Å².